The molecule has 4 rings (SSSR count). The fourth-order valence-corrected chi connectivity index (χ4v) is 4.62. The van der Waals surface area contributed by atoms with Crippen LogP contribution >= 0.6 is 0 Å². The van der Waals surface area contributed by atoms with Gasteiger partial charge in [-0.2, -0.15) is 0 Å². The van der Waals surface area contributed by atoms with E-state index < -0.39 is 29.5 Å². The molecule has 7 nitrogen and oxygen atoms in total. The van der Waals surface area contributed by atoms with Crippen LogP contribution in [0.3, 0.4) is 0 Å². The van der Waals surface area contributed by atoms with E-state index >= 15 is 0 Å². The van der Waals surface area contributed by atoms with E-state index in [0.717, 1.165) is 36.4 Å². The zero-order chi connectivity index (χ0) is 23.8. The van der Waals surface area contributed by atoms with Gasteiger partial charge in [-0.15, -0.1) is 0 Å². The lowest BCUT2D eigenvalue weighted by atomic mass is 9.91. The van der Waals surface area contributed by atoms with Crippen LogP contribution in [0.5, 0.6) is 5.75 Å². The number of carbonyl (C=O) groups excluding carboxylic acids is 2. The molecule has 0 radical (unpaired) electrons. The third-order valence-electron chi connectivity index (χ3n) is 6.53. The molecule has 2 N–H and O–H groups in total. The van der Waals surface area contributed by atoms with E-state index in [1.54, 1.807) is 0 Å². The second-order valence-corrected chi connectivity index (χ2v) is 8.79. The molecule has 1 saturated carbocycles. The van der Waals surface area contributed by atoms with Gasteiger partial charge in [-0.05, 0) is 31.9 Å². The normalized spacial score (nSPS) is 21.2. The number of amides is 2. The van der Waals surface area contributed by atoms with Gasteiger partial charge >= 0.3 is 0 Å². The number of benzene rings is 1. The molecule has 1 aromatic carbocycles. The summed E-state index contributed by atoms with van der Waals surface area (Å²) in [7, 11) is 1.30. The van der Waals surface area contributed by atoms with Gasteiger partial charge in [-0.3, -0.25) is 14.6 Å². The molecule has 0 spiro atoms. The van der Waals surface area contributed by atoms with Gasteiger partial charge in [0.25, 0.3) is 0 Å². The van der Waals surface area contributed by atoms with Crippen LogP contribution in [-0.2, 0) is 15.0 Å². The molecule has 2 atom stereocenters. The number of methoxy groups -OCH3 is 1. The maximum Gasteiger partial charge on any atom is 0.245 e. The summed E-state index contributed by atoms with van der Waals surface area (Å²) in [5.74, 6) is -3.47. The first-order valence-electron chi connectivity index (χ1n) is 10.9. The molecule has 0 unspecified atom stereocenters. The number of hydrogen-bond donors (Lipinski definition) is 2. The van der Waals surface area contributed by atoms with Gasteiger partial charge in [-0.25, -0.2) is 8.78 Å². The van der Waals surface area contributed by atoms with Crippen molar-refractivity contribution in [2.45, 2.75) is 43.6 Å². The summed E-state index contributed by atoms with van der Waals surface area (Å²) < 4.78 is 34.6. The minimum Gasteiger partial charge on any atom is -0.497 e. The molecule has 1 aromatic heterocycles. The van der Waals surface area contributed by atoms with E-state index in [9.17, 15) is 23.5 Å². The fraction of sp³-hybridized carbons (Fsp3) is 0.458. The zero-order valence-electron chi connectivity index (χ0n) is 18.6. The van der Waals surface area contributed by atoms with Gasteiger partial charge in [0.2, 0.25) is 11.8 Å². The molecule has 176 valence electrons. The number of pyridine rings is 1. The van der Waals surface area contributed by atoms with E-state index in [0.29, 0.717) is 0 Å². The second-order valence-electron chi connectivity index (χ2n) is 8.79. The second kappa shape index (κ2) is 9.05. The van der Waals surface area contributed by atoms with Gasteiger partial charge in [0.05, 0.1) is 13.7 Å². The Labute approximate surface area is 190 Å². The predicted molar refractivity (Wildman–Crippen MR) is 116 cm³/mol. The smallest absolute Gasteiger partial charge is 0.245 e. The number of aromatic nitrogens is 1. The lowest BCUT2D eigenvalue weighted by Gasteiger charge is -2.22. The first-order chi connectivity index (χ1) is 15.8. The molecule has 2 amide bonds. The number of β-amino-alcohol motifs (C(OH)–C–C–N with tert-alkyl or cyclic N) is 1. The average molecular weight is 459 g/mol. The van der Waals surface area contributed by atoms with Crippen LogP contribution in [0.4, 0.5) is 8.78 Å². The summed E-state index contributed by atoms with van der Waals surface area (Å²) in [6.07, 6.45) is 1.74. The van der Waals surface area contributed by atoms with E-state index in [4.69, 9.17) is 4.74 Å². The van der Waals surface area contributed by atoms with Crippen molar-refractivity contribution in [3.8, 4) is 5.75 Å². The zero-order valence-corrected chi connectivity index (χ0v) is 18.6. The first-order valence-corrected chi connectivity index (χ1v) is 10.9. The number of aryl methyl sites for hydroxylation is 1. The number of ether oxygens (including phenoxy) is 1. The van der Waals surface area contributed by atoms with E-state index in [1.807, 2.05) is 25.1 Å². The molecule has 33 heavy (non-hydrogen) atoms. The Morgan fingerprint density at radius 1 is 1.30 bits per heavy atom. The van der Waals surface area contributed by atoms with Crippen molar-refractivity contribution in [2.24, 2.45) is 0 Å². The molecule has 2 aromatic rings. The molecule has 9 heteroatoms. The Morgan fingerprint density at radius 2 is 2.00 bits per heavy atom. The quantitative estimate of drug-likeness (QED) is 0.632. The molecular weight excluding hydrogens is 432 g/mol. The molecule has 1 aliphatic carbocycles. The Bertz CT molecular complexity index is 1050. The number of hydrogen-bond acceptors (Lipinski definition) is 5. The maximum absolute atomic E-state index is 14.8. The van der Waals surface area contributed by atoms with Crippen LogP contribution < -0.4 is 10.1 Å². The molecular formula is C24H27F2N3O4. The number of nitrogens with one attached hydrogen (secondary N) is 1. The summed E-state index contributed by atoms with van der Waals surface area (Å²) in [4.78, 5) is 31.8. The molecule has 0 bridgehead atoms. The van der Waals surface area contributed by atoms with Gasteiger partial charge in [0.1, 0.15) is 23.4 Å². The Balaban J connectivity index is 1.58. The monoisotopic (exact) mass is 459 g/mol. The maximum atomic E-state index is 14.8. The van der Waals surface area contributed by atoms with Crippen molar-refractivity contribution in [1.29, 1.82) is 0 Å². The summed E-state index contributed by atoms with van der Waals surface area (Å²) in [6, 6.07) is 6.64. The molecule has 2 fully saturated rings. The summed E-state index contributed by atoms with van der Waals surface area (Å²) >= 11 is 0. The van der Waals surface area contributed by atoms with Crippen LogP contribution in [0.15, 0.2) is 30.3 Å². The Kier molecular flexibility index (Phi) is 6.34. The van der Waals surface area contributed by atoms with Crippen LogP contribution in [0.1, 0.15) is 42.1 Å². The van der Waals surface area contributed by atoms with Crippen molar-refractivity contribution in [2.75, 3.05) is 26.8 Å². The molecule has 2 heterocycles. The highest BCUT2D eigenvalue weighted by molar-refractivity contribution is 5.91. The standard InChI is InChI=1S/C24H27F2N3O4/c1-14-4-3-5-19(27-14)24(6-7-24)12-20(31)28-22-16(13-29(8-9-30)23(22)32)21-17(25)10-15(33-2)11-18(21)26/h3-5,10-11,16,22,30H,6-9,12-13H2,1-2H3,(H,28,31)/t16-,22-/m0/s1. The SMILES string of the molecule is COc1cc(F)c([C@@H]2CN(CCO)C(=O)[C@H]2NC(=O)CC2(c3cccc(C)n3)CC2)c(F)c1. The summed E-state index contributed by atoms with van der Waals surface area (Å²) in [5.41, 5.74) is 1.03. The minimum atomic E-state index is -1.14. The van der Waals surface area contributed by atoms with E-state index in [1.165, 1.54) is 12.0 Å². The third kappa shape index (κ3) is 4.55. The average Bonchev–Trinajstić information content (AvgIpc) is 3.49. The highest BCUT2D eigenvalue weighted by Gasteiger charge is 2.49. The largest absolute Gasteiger partial charge is 0.497 e. The topological polar surface area (TPSA) is 91.8 Å². The molecule has 1 saturated heterocycles. The van der Waals surface area contributed by atoms with Crippen LogP contribution in [0.2, 0.25) is 0 Å². The lowest BCUT2D eigenvalue weighted by molar-refractivity contribution is -0.133. The number of likely N-dealkylation sites (tertiary alicyclic amines) is 1. The number of aliphatic hydroxyl groups excluding tert-OH is 1. The molecule has 1 aliphatic heterocycles. The number of carbonyl (C=O) groups is 2. The van der Waals surface area contributed by atoms with E-state index in [-0.39, 0.29) is 48.8 Å². The number of nitrogens with zero attached hydrogens (tertiary/aromatic N) is 2. The van der Waals surface area contributed by atoms with Gasteiger partial charge in [-0.1, -0.05) is 6.07 Å². The van der Waals surface area contributed by atoms with Crippen molar-refractivity contribution in [1.82, 2.24) is 15.2 Å². The van der Waals surface area contributed by atoms with Crippen molar-refractivity contribution < 1.29 is 28.2 Å². The Morgan fingerprint density at radius 3 is 2.58 bits per heavy atom. The first kappa shape index (κ1) is 23.1. The van der Waals surface area contributed by atoms with Crippen LogP contribution in [-0.4, -0.2) is 59.7 Å². The summed E-state index contributed by atoms with van der Waals surface area (Å²) in [6.45, 7) is 1.58. The van der Waals surface area contributed by atoms with E-state index in [2.05, 4.69) is 10.3 Å². The molecule has 2 aliphatic rings. The lowest BCUT2D eigenvalue weighted by Crippen LogP contribution is -2.45. The number of aliphatic hydroxyl groups is 1. The van der Waals surface area contributed by atoms with Gasteiger partial charge < -0.3 is 20.1 Å². The predicted octanol–water partition coefficient (Wildman–Crippen LogP) is 2.20. The highest BCUT2D eigenvalue weighted by Crippen LogP contribution is 2.50. The minimum absolute atomic E-state index is 0.0121. The fourth-order valence-electron chi connectivity index (χ4n) is 4.62. The van der Waals surface area contributed by atoms with Crippen molar-refractivity contribution in [3.05, 3.63) is 58.9 Å². The number of rotatable bonds is 8. The van der Waals surface area contributed by atoms with Gasteiger partial charge in [0, 0.05) is 59.9 Å². The Hall–Kier alpha value is -3.07. The highest BCUT2D eigenvalue weighted by atomic mass is 19.1. The van der Waals surface area contributed by atoms with Crippen molar-refractivity contribution >= 4 is 11.8 Å². The van der Waals surface area contributed by atoms with Gasteiger partial charge in [0.15, 0.2) is 0 Å². The van der Waals surface area contributed by atoms with Crippen molar-refractivity contribution in [3.63, 3.8) is 0 Å². The third-order valence-corrected chi connectivity index (χ3v) is 6.53. The number of halogens is 2. The summed E-state index contributed by atoms with van der Waals surface area (Å²) in [5, 5.41) is 12.0. The van der Waals surface area contributed by atoms with Crippen LogP contribution in [0.25, 0.3) is 0 Å². The van der Waals surface area contributed by atoms with Crippen LogP contribution in [0, 0.1) is 18.6 Å².